The number of carbonyl (C=O) groups excluding carboxylic acids is 1. The summed E-state index contributed by atoms with van der Waals surface area (Å²) in [4.78, 5) is 14.3. The summed E-state index contributed by atoms with van der Waals surface area (Å²) < 4.78 is 18.7. The SMILES string of the molecule is O=C1C[C@H](c2cccs2)CC2=C1[C@@H](c1cccc(F)c1)Nc1nonc1N2. The molecule has 0 saturated carbocycles. The Bertz CT molecular complexity index is 1040. The molecule has 0 amide bonds. The molecule has 1 aromatic carbocycles. The van der Waals surface area contributed by atoms with Crippen molar-refractivity contribution in [3.8, 4) is 0 Å². The van der Waals surface area contributed by atoms with Gasteiger partial charge in [-0.3, -0.25) is 4.79 Å². The van der Waals surface area contributed by atoms with Gasteiger partial charge in [-0.15, -0.1) is 11.3 Å². The maximum atomic E-state index is 13.8. The Morgan fingerprint density at radius 3 is 2.85 bits per heavy atom. The Kier molecular flexibility index (Phi) is 3.78. The fraction of sp³-hybridized carbons (Fsp3) is 0.211. The van der Waals surface area contributed by atoms with Crippen LogP contribution in [0.5, 0.6) is 0 Å². The first-order valence-corrected chi connectivity index (χ1v) is 9.48. The van der Waals surface area contributed by atoms with Crippen LogP contribution in [0.2, 0.25) is 0 Å². The van der Waals surface area contributed by atoms with Gasteiger partial charge in [-0.1, -0.05) is 18.2 Å². The largest absolute Gasteiger partial charge is 0.353 e. The Hall–Kier alpha value is -3.00. The van der Waals surface area contributed by atoms with Crippen LogP contribution in [0.4, 0.5) is 16.0 Å². The van der Waals surface area contributed by atoms with Crippen molar-refractivity contribution in [1.82, 2.24) is 10.3 Å². The third-order valence-electron chi connectivity index (χ3n) is 4.96. The second-order valence-electron chi connectivity index (χ2n) is 6.65. The molecule has 2 aliphatic rings. The smallest absolute Gasteiger partial charge is 0.219 e. The number of aromatic nitrogens is 2. The second-order valence-corrected chi connectivity index (χ2v) is 7.63. The molecule has 0 fully saturated rings. The summed E-state index contributed by atoms with van der Waals surface area (Å²) in [6.45, 7) is 0. The van der Waals surface area contributed by atoms with Gasteiger partial charge in [0, 0.05) is 28.5 Å². The maximum Gasteiger partial charge on any atom is 0.219 e. The zero-order chi connectivity index (χ0) is 18.4. The lowest BCUT2D eigenvalue weighted by Gasteiger charge is -2.29. The minimum absolute atomic E-state index is 0.0333. The molecular formula is C19H15FN4O2S. The number of rotatable bonds is 2. The van der Waals surface area contributed by atoms with Gasteiger partial charge >= 0.3 is 0 Å². The van der Waals surface area contributed by atoms with Gasteiger partial charge in [0.15, 0.2) is 5.78 Å². The lowest BCUT2D eigenvalue weighted by Crippen LogP contribution is -2.26. The summed E-state index contributed by atoms with van der Waals surface area (Å²) in [6, 6.07) is 9.76. The number of nitrogens with one attached hydrogen (secondary N) is 2. The van der Waals surface area contributed by atoms with Gasteiger partial charge < -0.3 is 10.6 Å². The lowest BCUT2D eigenvalue weighted by molar-refractivity contribution is -0.116. The van der Waals surface area contributed by atoms with Gasteiger partial charge in [0.2, 0.25) is 11.6 Å². The fourth-order valence-electron chi connectivity index (χ4n) is 3.76. The highest BCUT2D eigenvalue weighted by molar-refractivity contribution is 7.10. The zero-order valence-corrected chi connectivity index (χ0v) is 14.9. The number of Topliss-reactive ketones (excluding diaryl/α,β-unsaturated/α-hetero) is 1. The van der Waals surface area contributed by atoms with Crippen molar-refractivity contribution in [1.29, 1.82) is 0 Å². The number of hydrogen-bond donors (Lipinski definition) is 2. The van der Waals surface area contributed by atoms with Gasteiger partial charge in [0.05, 0.1) is 6.04 Å². The lowest BCUT2D eigenvalue weighted by atomic mass is 9.81. The molecule has 1 aliphatic heterocycles. The van der Waals surface area contributed by atoms with E-state index in [1.165, 1.54) is 17.0 Å². The number of carbonyl (C=O) groups is 1. The molecule has 1 aliphatic carbocycles. The number of allylic oxidation sites excluding steroid dienone is 1. The van der Waals surface area contributed by atoms with Crippen LogP contribution < -0.4 is 10.6 Å². The average Bonchev–Trinajstić information content (AvgIpc) is 3.30. The Morgan fingerprint density at radius 2 is 2.04 bits per heavy atom. The van der Waals surface area contributed by atoms with Crippen molar-refractivity contribution >= 4 is 28.8 Å². The minimum atomic E-state index is -0.520. The molecular weight excluding hydrogens is 367 g/mol. The summed E-state index contributed by atoms with van der Waals surface area (Å²) in [5.74, 6) is 0.622. The Labute approximate surface area is 158 Å². The van der Waals surface area contributed by atoms with E-state index in [1.54, 1.807) is 23.5 Å². The van der Waals surface area contributed by atoms with Crippen LogP contribution >= 0.6 is 11.3 Å². The van der Waals surface area contributed by atoms with Gasteiger partial charge in [0.1, 0.15) is 5.82 Å². The molecule has 8 heteroatoms. The molecule has 3 heterocycles. The number of nitrogens with zero attached hydrogens (tertiary/aromatic N) is 2. The summed E-state index contributed by atoms with van der Waals surface area (Å²) in [5.41, 5.74) is 2.04. The number of hydrogen-bond acceptors (Lipinski definition) is 7. The van der Waals surface area contributed by atoms with E-state index in [2.05, 4.69) is 27.0 Å². The van der Waals surface area contributed by atoms with Crippen molar-refractivity contribution in [3.63, 3.8) is 0 Å². The van der Waals surface area contributed by atoms with Gasteiger partial charge in [-0.25, -0.2) is 9.02 Å². The summed E-state index contributed by atoms with van der Waals surface area (Å²) in [6.07, 6.45) is 1.09. The summed E-state index contributed by atoms with van der Waals surface area (Å²) in [5, 5.41) is 16.2. The highest BCUT2D eigenvalue weighted by atomic mass is 32.1. The maximum absolute atomic E-state index is 13.8. The van der Waals surface area contributed by atoms with Gasteiger partial charge in [-0.05, 0) is 45.9 Å². The van der Waals surface area contributed by atoms with Crippen LogP contribution in [-0.2, 0) is 4.79 Å². The Balaban J connectivity index is 1.62. The van der Waals surface area contributed by atoms with E-state index in [0.29, 0.717) is 35.6 Å². The molecule has 2 N–H and O–H groups in total. The zero-order valence-electron chi connectivity index (χ0n) is 14.1. The number of benzene rings is 1. The first kappa shape index (κ1) is 16.2. The molecule has 0 spiro atoms. The van der Waals surface area contributed by atoms with E-state index in [9.17, 15) is 9.18 Å². The number of fused-ring (bicyclic) bond motifs is 1. The minimum Gasteiger partial charge on any atom is -0.353 e. The number of ketones is 1. The molecule has 27 heavy (non-hydrogen) atoms. The molecule has 2 atom stereocenters. The van der Waals surface area contributed by atoms with Crippen LogP contribution in [0, 0.1) is 5.82 Å². The number of thiophene rings is 1. The van der Waals surface area contributed by atoms with Crippen LogP contribution in [0.3, 0.4) is 0 Å². The van der Waals surface area contributed by atoms with Crippen molar-refractivity contribution in [2.24, 2.45) is 0 Å². The third-order valence-corrected chi connectivity index (χ3v) is 6.00. The quantitative estimate of drug-likeness (QED) is 0.690. The predicted octanol–water partition coefficient (Wildman–Crippen LogP) is 4.25. The highest BCUT2D eigenvalue weighted by Crippen LogP contribution is 2.44. The van der Waals surface area contributed by atoms with E-state index in [0.717, 1.165) is 5.70 Å². The first-order valence-electron chi connectivity index (χ1n) is 8.60. The molecule has 0 bridgehead atoms. The van der Waals surface area contributed by atoms with E-state index >= 15 is 0 Å². The molecule has 0 radical (unpaired) electrons. The van der Waals surface area contributed by atoms with Crippen molar-refractivity contribution in [3.05, 3.63) is 69.3 Å². The summed E-state index contributed by atoms with van der Waals surface area (Å²) >= 11 is 1.65. The van der Waals surface area contributed by atoms with Gasteiger partial charge in [-0.2, -0.15) is 0 Å². The highest BCUT2D eigenvalue weighted by Gasteiger charge is 2.37. The molecule has 0 unspecified atom stereocenters. The summed E-state index contributed by atoms with van der Waals surface area (Å²) in [7, 11) is 0. The molecule has 6 nitrogen and oxygen atoms in total. The van der Waals surface area contributed by atoms with Crippen LogP contribution in [0.25, 0.3) is 0 Å². The molecule has 5 rings (SSSR count). The second kappa shape index (κ2) is 6.31. The topological polar surface area (TPSA) is 80.1 Å². The van der Waals surface area contributed by atoms with E-state index in [-0.39, 0.29) is 17.5 Å². The van der Waals surface area contributed by atoms with E-state index < -0.39 is 6.04 Å². The van der Waals surface area contributed by atoms with Crippen LogP contribution in [0.15, 0.2) is 57.7 Å². The molecule has 136 valence electrons. The van der Waals surface area contributed by atoms with Gasteiger partial charge in [0.25, 0.3) is 0 Å². The van der Waals surface area contributed by atoms with Crippen LogP contribution in [0.1, 0.15) is 35.2 Å². The first-order chi connectivity index (χ1) is 13.2. The fourth-order valence-corrected chi connectivity index (χ4v) is 4.59. The molecule has 2 aromatic heterocycles. The van der Waals surface area contributed by atoms with Crippen molar-refractivity contribution < 1.29 is 13.8 Å². The molecule has 3 aromatic rings. The normalized spacial score (nSPS) is 21.7. The number of halogens is 1. The monoisotopic (exact) mass is 382 g/mol. The Morgan fingerprint density at radius 1 is 1.15 bits per heavy atom. The predicted molar refractivity (Wildman–Crippen MR) is 99.0 cm³/mol. The van der Waals surface area contributed by atoms with Crippen molar-refractivity contribution in [2.75, 3.05) is 10.6 Å². The average molecular weight is 382 g/mol. The van der Waals surface area contributed by atoms with Crippen LogP contribution in [-0.4, -0.2) is 16.1 Å². The van der Waals surface area contributed by atoms with E-state index in [1.807, 2.05) is 11.4 Å². The van der Waals surface area contributed by atoms with E-state index in [4.69, 9.17) is 4.63 Å². The standard InChI is InChI=1S/C19H15FN4O2S/c20-12-4-1-3-10(7-12)17-16-13(21-18-19(22-17)24-26-23-18)8-11(9-14(16)25)15-5-2-6-27-15/h1-7,11,17H,8-9H2,(H,21,23)(H,22,24)/t11-,17-/m1/s1. The van der Waals surface area contributed by atoms with Crippen molar-refractivity contribution in [2.45, 2.75) is 24.8 Å². The third kappa shape index (κ3) is 2.82. The number of anilines is 2. The molecule has 0 saturated heterocycles.